The van der Waals surface area contributed by atoms with Gasteiger partial charge in [0.15, 0.2) is 40.9 Å². The summed E-state index contributed by atoms with van der Waals surface area (Å²) in [6, 6.07) is -1.38. The van der Waals surface area contributed by atoms with Crippen molar-refractivity contribution < 1.29 is 148 Å². The molecule has 0 aliphatic carbocycles. The highest BCUT2D eigenvalue weighted by Gasteiger charge is 2.52. The molecule has 0 aromatic heterocycles. The lowest BCUT2D eigenvalue weighted by atomic mass is 9.89. The number of amides is 7. The molecule has 8 aliphatic heterocycles. The van der Waals surface area contributed by atoms with E-state index in [1.165, 1.54) is 19.2 Å². The number of aromatic hydroxyl groups is 4. The average molecular weight is 1820 g/mol. The fourth-order valence-corrected chi connectivity index (χ4v) is 16.4. The van der Waals surface area contributed by atoms with Crippen LogP contribution in [0.4, 0.5) is 0 Å². The Kier molecular flexibility index (Phi) is 28.0. The number of fused-ring (bicyclic) bond motifs is 14. The Labute approximate surface area is 729 Å². The van der Waals surface area contributed by atoms with Gasteiger partial charge in [-0.2, -0.15) is 0 Å². The molecule has 15 rings (SSSR count). The Morgan fingerprint density at radius 2 is 1.09 bits per heavy atom. The van der Waals surface area contributed by atoms with Crippen molar-refractivity contribution in [1.29, 1.82) is 0 Å². The number of likely N-dealkylation sites (N-methyl/N-ethyl adjacent to an activating group) is 1. The molecular weight excluding hydrogens is 1730 g/mol. The molecule has 0 saturated carbocycles. The van der Waals surface area contributed by atoms with Gasteiger partial charge >= 0.3 is 11.9 Å². The number of ether oxygens (including phenoxy) is 7. The Morgan fingerprint density at radius 1 is 0.496 bits per heavy atom. The summed E-state index contributed by atoms with van der Waals surface area (Å²) in [5.74, 6) is -21.5. The number of aliphatic carboxylic acids is 2. The molecule has 22 N–H and O–H groups in total. The van der Waals surface area contributed by atoms with E-state index in [1.54, 1.807) is 0 Å². The van der Waals surface area contributed by atoms with Gasteiger partial charge in [0.05, 0.1) is 26.7 Å². The first-order valence-corrected chi connectivity index (χ1v) is 40.7. The molecule has 7 amide bonds. The summed E-state index contributed by atoms with van der Waals surface area (Å²) in [7, 11) is 1.34. The lowest BCUT2D eigenvalue weighted by molar-refractivity contribution is -0.277. The first-order valence-electron chi connectivity index (χ1n) is 39.2. The third kappa shape index (κ3) is 19.4. The summed E-state index contributed by atoms with van der Waals surface area (Å²) >= 11 is 28.5. The first-order chi connectivity index (χ1) is 59.4. The molecule has 2 fully saturated rings. The second kappa shape index (κ2) is 38.3. The average Bonchev–Trinajstić information content (AvgIpc) is 0.755. The molecule has 17 bridgehead atoms. The van der Waals surface area contributed by atoms with E-state index < -0.39 is 304 Å². The maximum Gasteiger partial charge on any atom is 0.335 e. The van der Waals surface area contributed by atoms with Crippen LogP contribution in [-0.4, -0.2) is 212 Å². The standard InChI is InChI=1S/C83H86Cl4N8O30/c1-30(2)10-8-6-4-5-7-9-11-53(101)89-63-67(105)69(107)73(81(117)118)125-82(63)124-72-50-23-34-24-51(72)121-71-42(85)20-35(21-43(71)86)65(103)62-79(114)93-60(80(115)116)39-25-36(97)26-49(122-83-70(108)68(106)66(104)52(29-96)123-83)54(39)38-18-31(12-15-44(38)98)57(75(110)95-62)90-76(111)58(34)91-77(112)59-40-27-37(28-46(100)55(40)87)119-48-22-32(13-16-45(48)99)56(88-3)74(109)94-61(78(113)92-59)64(102)33-14-17-47(120-50)41(84)19-33/h12-28,30,52,56-70,73,82-83,88,96-100,102-108H,4-11,29H2,1-3H3,(H,89,101)(H,90,111)(H,91,112)(H,92,113)(H,93,114)(H,94,109)(H,95,110)(H,115,116)(H,117,118)/t52-,56-,57+,58+,59-,60?,61+,62-,63-,64+,65+,66-,67-,68+,69+,70+,73+,82-,83-/m0/s1. The van der Waals surface area contributed by atoms with E-state index >= 15 is 24.0 Å². The summed E-state index contributed by atoms with van der Waals surface area (Å²) in [5.41, 5.74) is -4.54. The molecular formula is C83H86Cl4N8O30. The van der Waals surface area contributed by atoms with Crippen LogP contribution < -0.4 is 66.2 Å². The fraction of sp³-hybridized carbons (Fsp3) is 0.386. The van der Waals surface area contributed by atoms with E-state index in [-0.39, 0.29) is 17.5 Å². The summed E-state index contributed by atoms with van der Waals surface area (Å²) in [5, 5.41) is 178. The van der Waals surface area contributed by atoms with Crippen LogP contribution in [0, 0.1) is 5.92 Å². The van der Waals surface area contributed by atoms with Gasteiger partial charge < -0.3 is 147 Å². The quantitative estimate of drug-likeness (QED) is 0.0503. The Hall–Kier alpha value is -11.3. The zero-order chi connectivity index (χ0) is 90.2. The minimum Gasteiger partial charge on any atom is -0.508 e. The minimum absolute atomic E-state index is 0.0708. The van der Waals surface area contributed by atoms with Crippen molar-refractivity contribution in [3.63, 3.8) is 0 Å². The van der Waals surface area contributed by atoms with Crippen molar-refractivity contribution in [2.75, 3.05) is 13.7 Å². The highest BCUT2D eigenvalue weighted by molar-refractivity contribution is 6.37. The van der Waals surface area contributed by atoms with E-state index in [0.717, 1.165) is 123 Å². The number of rotatable bonds is 18. The number of phenolic OH excluding ortho intramolecular Hbond substituents is 4. The zero-order valence-electron chi connectivity index (χ0n) is 66.0. The molecule has 0 radical (unpaired) electrons. The van der Waals surface area contributed by atoms with Gasteiger partial charge in [-0.1, -0.05) is 117 Å². The van der Waals surface area contributed by atoms with Gasteiger partial charge in [0.25, 0.3) is 0 Å². The van der Waals surface area contributed by atoms with Crippen LogP contribution in [0.25, 0.3) is 11.1 Å². The number of carbonyl (C=O) groups excluding carboxylic acids is 7. The molecule has 8 heterocycles. The number of carbonyl (C=O) groups is 9. The molecule has 38 nitrogen and oxygen atoms in total. The molecule has 125 heavy (non-hydrogen) atoms. The number of aliphatic hydroxyl groups is 8. The summed E-state index contributed by atoms with van der Waals surface area (Å²) in [6.07, 6.45) is -19.0. The van der Waals surface area contributed by atoms with Gasteiger partial charge in [0.1, 0.15) is 126 Å². The van der Waals surface area contributed by atoms with Crippen LogP contribution in [0.2, 0.25) is 20.1 Å². The summed E-state index contributed by atoms with van der Waals surface area (Å²) in [6.45, 7) is 3.21. The van der Waals surface area contributed by atoms with Crippen LogP contribution in [0.1, 0.15) is 147 Å². The number of phenols is 4. The van der Waals surface area contributed by atoms with Gasteiger partial charge in [-0.25, -0.2) is 9.59 Å². The van der Waals surface area contributed by atoms with Crippen molar-refractivity contribution in [3.8, 4) is 80.1 Å². The molecule has 42 heteroatoms. The third-order valence-electron chi connectivity index (χ3n) is 21.9. The Morgan fingerprint density at radius 3 is 1.75 bits per heavy atom. The number of nitrogens with one attached hydrogen (secondary N) is 8. The lowest BCUT2D eigenvalue weighted by Gasteiger charge is -2.41. The van der Waals surface area contributed by atoms with Gasteiger partial charge in [0.2, 0.25) is 59.7 Å². The van der Waals surface area contributed by atoms with Crippen LogP contribution in [0.15, 0.2) is 103 Å². The lowest BCUT2D eigenvalue weighted by Crippen LogP contribution is -2.66. The number of carboxylic acid groups (broad SMARTS) is 2. The van der Waals surface area contributed by atoms with Crippen molar-refractivity contribution in [3.05, 3.63) is 162 Å². The number of aliphatic hydroxyl groups excluding tert-OH is 8. The third-order valence-corrected chi connectivity index (χ3v) is 23.2. The second-order valence-corrected chi connectivity index (χ2v) is 32.5. The molecule has 19 atom stereocenters. The van der Waals surface area contributed by atoms with Crippen LogP contribution in [0.3, 0.4) is 0 Å². The van der Waals surface area contributed by atoms with Gasteiger partial charge in [0, 0.05) is 40.8 Å². The SMILES string of the molecule is CN[C@@H]1C(=O)N[C@H]2C(=O)N[C@H](C(=O)N[C@H]3C(=O)N[C@H]4C(=O)N[C@H](C(=O)NC(C(=O)O)c5cc(O)cc(O[C@H]6O[C@@H](CO)[C@H](O)[C@@H](O)[C@H]6O)c5-c5cc4ccc5O)[C@H](O)c4cc(Cl)c(c(Cl)c4)Oc4cc3cc(c4O[C@H]3O[C@@H](C(=O)O)[C@H](O)[C@@H](O)[C@@H]3NC(=O)CCCCCCCCC(C)C)Oc3ccc(cc3Cl)[C@H]2O)c2cc(cc(O)c2Cl)Oc2cc1ccc2O. The summed E-state index contributed by atoms with van der Waals surface area (Å²) in [4.78, 5) is 136. The summed E-state index contributed by atoms with van der Waals surface area (Å²) < 4.78 is 43.8. The number of halogens is 4. The van der Waals surface area contributed by atoms with Crippen LogP contribution >= 0.6 is 46.4 Å². The van der Waals surface area contributed by atoms with E-state index in [2.05, 4.69) is 56.4 Å². The Balaban J connectivity index is 1.06. The first kappa shape index (κ1) is 91.4. The van der Waals surface area contributed by atoms with E-state index in [4.69, 9.17) is 79.6 Å². The van der Waals surface area contributed by atoms with Crippen molar-refractivity contribution in [1.82, 2.24) is 42.5 Å². The van der Waals surface area contributed by atoms with Crippen molar-refractivity contribution in [2.45, 2.75) is 181 Å². The molecule has 2 saturated heterocycles. The predicted molar refractivity (Wildman–Crippen MR) is 435 cm³/mol. The number of benzene rings is 7. The smallest absolute Gasteiger partial charge is 0.335 e. The molecule has 0 spiro atoms. The predicted octanol–water partition coefficient (Wildman–Crippen LogP) is 4.98. The molecule has 7 aromatic carbocycles. The highest BCUT2D eigenvalue weighted by atomic mass is 35.5. The number of unbranched alkanes of at least 4 members (excludes halogenated alkanes) is 5. The zero-order valence-corrected chi connectivity index (χ0v) is 69.1. The van der Waals surface area contributed by atoms with E-state index in [1.807, 2.05) is 0 Å². The Bertz CT molecular complexity index is 5360. The molecule has 666 valence electrons. The van der Waals surface area contributed by atoms with Gasteiger partial charge in [-0.3, -0.25) is 33.6 Å². The van der Waals surface area contributed by atoms with E-state index in [9.17, 15) is 90.7 Å². The normalized spacial score (nSPS) is 26.8. The van der Waals surface area contributed by atoms with Crippen LogP contribution in [-0.2, 0) is 52.6 Å². The van der Waals surface area contributed by atoms with Crippen molar-refractivity contribution in [2.24, 2.45) is 5.92 Å². The van der Waals surface area contributed by atoms with Crippen LogP contribution in [0.5, 0.6) is 69.0 Å². The fourth-order valence-electron chi connectivity index (χ4n) is 15.3. The molecule has 8 aliphatic rings. The van der Waals surface area contributed by atoms with Crippen molar-refractivity contribution >= 4 is 99.7 Å². The molecule has 1 unspecified atom stereocenters. The maximum atomic E-state index is 16.7. The number of carboxylic acids is 2. The maximum absolute atomic E-state index is 16.7. The van der Waals surface area contributed by atoms with E-state index in [0.29, 0.717) is 18.8 Å². The largest absolute Gasteiger partial charge is 0.508 e. The van der Waals surface area contributed by atoms with Gasteiger partial charge in [-0.05, 0) is 120 Å². The highest BCUT2D eigenvalue weighted by Crippen LogP contribution is 2.52. The number of hydrogen-bond acceptors (Lipinski definition) is 29. The topological polar surface area (TPSA) is 598 Å². The van der Waals surface area contributed by atoms with Gasteiger partial charge in [-0.15, -0.1) is 0 Å². The number of hydrogen-bond donors (Lipinski definition) is 22. The minimum atomic E-state index is -2.59. The monoisotopic (exact) mass is 1810 g/mol. The second-order valence-electron chi connectivity index (χ2n) is 30.9. The molecule has 7 aromatic rings.